The molecule has 0 aliphatic heterocycles. The molecule has 88 valence electrons. The van der Waals surface area contributed by atoms with E-state index in [2.05, 4.69) is 30.1 Å². The standard InChI is InChI=1S/C14H13N2.ClH.Hg/c1-11-3-7-13(8-4-11)15-16-14-9-5-12(2)6-10-14;;/h3-9H,1-2H3;1H;/q;;+1/p-1. The molecule has 2 aromatic carbocycles. The zero-order chi connectivity index (χ0) is 13.0. The van der Waals surface area contributed by atoms with Crippen LogP contribution in [0.2, 0.25) is 0 Å². The van der Waals surface area contributed by atoms with Crippen LogP contribution in [0.25, 0.3) is 0 Å². The van der Waals surface area contributed by atoms with E-state index in [9.17, 15) is 0 Å². The Morgan fingerprint density at radius 1 is 0.889 bits per heavy atom. The summed E-state index contributed by atoms with van der Waals surface area (Å²) in [6, 6.07) is 14.2. The predicted octanol–water partition coefficient (Wildman–Crippen LogP) is 4.58. The normalized spacial score (nSPS) is 10.6. The zero-order valence-electron chi connectivity index (χ0n) is 10.5. The van der Waals surface area contributed by atoms with Crippen molar-refractivity contribution in [3.63, 3.8) is 0 Å². The van der Waals surface area contributed by atoms with Crippen LogP contribution < -0.4 is 3.07 Å². The van der Waals surface area contributed by atoms with Gasteiger partial charge in [-0.1, -0.05) is 0 Å². The SMILES string of the molecule is Cc1ccc(N=Nc2ccc(C)c[c]2[Hg][Cl])cc1. The number of halogens is 1. The molecule has 0 unspecified atom stereocenters. The van der Waals surface area contributed by atoms with Crippen LogP contribution in [0.4, 0.5) is 11.4 Å². The predicted molar refractivity (Wildman–Crippen MR) is 72.0 cm³/mol. The fourth-order valence-corrected chi connectivity index (χ4v) is 6.34. The van der Waals surface area contributed by atoms with E-state index in [1.807, 2.05) is 36.4 Å². The molecule has 0 bridgehead atoms. The fraction of sp³-hybridized carbons (Fsp3) is 0.143. The van der Waals surface area contributed by atoms with Gasteiger partial charge < -0.3 is 0 Å². The van der Waals surface area contributed by atoms with Crippen molar-refractivity contribution in [2.75, 3.05) is 0 Å². The van der Waals surface area contributed by atoms with Crippen LogP contribution in [0.3, 0.4) is 0 Å². The first-order valence-electron chi connectivity index (χ1n) is 5.83. The molecule has 18 heavy (non-hydrogen) atoms. The van der Waals surface area contributed by atoms with Crippen molar-refractivity contribution in [1.29, 1.82) is 0 Å². The molecule has 4 heteroatoms. The van der Waals surface area contributed by atoms with Gasteiger partial charge in [-0.2, -0.15) is 0 Å². The number of hydrogen-bond acceptors (Lipinski definition) is 2. The van der Waals surface area contributed by atoms with Crippen molar-refractivity contribution < 1.29 is 23.3 Å². The van der Waals surface area contributed by atoms with Crippen LogP contribution in [0.1, 0.15) is 11.1 Å². The molecule has 2 nitrogen and oxygen atoms in total. The Morgan fingerprint density at radius 3 is 2.22 bits per heavy atom. The minimum atomic E-state index is -1.46. The number of nitrogens with zero attached hydrogens (tertiary/aromatic N) is 2. The molecule has 0 N–H and O–H groups in total. The van der Waals surface area contributed by atoms with Gasteiger partial charge in [-0.05, 0) is 0 Å². The Balaban J connectivity index is 2.25. The van der Waals surface area contributed by atoms with Crippen LogP contribution in [0.5, 0.6) is 0 Å². The van der Waals surface area contributed by atoms with Gasteiger partial charge in [0.1, 0.15) is 0 Å². The van der Waals surface area contributed by atoms with Gasteiger partial charge in [-0.3, -0.25) is 0 Å². The molecular formula is C14H13ClHgN2. The van der Waals surface area contributed by atoms with Crippen molar-refractivity contribution in [1.82, 2.24) is 0 Å². The maximum atomic E-state index is 6.13. The summed E-state index contributed by atoms with van der Waals surface area (Å²) in [5, 5.41) is 8.57. The topological polar surface area (TPSA) is 24.7 Å². The molecule has 0 radical (unpaired) electrons. The quantitative estimate of drug-likeness (QED) is 0.488. The van der Waals surface area contributed by atoms with Crippen LogP contribution in [-0.2, 0) is 23.3 Å². The number of hydrogen-bond donors (Lipinski definition) is 0. The van der Waals surface area contributed by atoms with Crippen molar-refractivity contribution in [3.8, 4) is 0 Å². The zero-order valence-corrected chi connectivity index (χ0v) is 16.8. The summed E-state index contributed by atoms with van der Waals surface area (Å²) >= 11 is -1.46. The molecule has 0 fully saturated rings. The van der Waals surface area contributed by atoms with E-state index in [1.54, 1.807) is 0 Å². The summed E-state index contributed by atoms with van der Waals surface area (Å²) in [6.45, 7) is 4.13. The van der Waals surface area contributed by atoms with Crippen LogP contribution in [-0.4, -0.2) is 0 Å². The summed E-state index contributed by atoms with van der Waals surface area (Å²) < 4.78 is 1.23. The van der Waals surface area contributed by atoms with Crippen LogP contribution in [0.15, 0.2) is 52.7 Å². The van der Waals surface area contributed by atoms with E-state index >= 15 is 0 Å². The molecule has 2 rings (SSSR count). The van der Waals surface area contributed by atoms with Crippen molar-refractivity contribution in [3.05, 3.63) is 53.6 Å². The average Bonchev–Trinajstić information content (AvgIpc) is 2.39. The first-order valence-corrected chi connectivity index (χ1v) is 15.3. The Bertz CT molecular complexity index is 565. The molecular weight excluding hydrogens is 432 g/mol. The van der Waals surface area contributed by atoms with Crippen molar-refractivity contribution in [2.24, 2.45) is 10.2 Å². The molecule has 0 heterocycles. The van der Waals surface area contributed by atoms with Crippen molar-refractivity contribution in [2.45, 2.75) is 13.8 Å². The third-order valence-corrected chi connectivity index (χ3v) is 8.53. The monoisotopic (exact) mass is 446 g/mol. The molecule has 0 spiro atoms. The van der Waals surface area contributed by atoms with Crippen LogP contribution in [0, 0.1) is 13.8 Å². The summed E-state index contributed by atoms with van der Waals surface area (Å²) in [4.78, 5) is 0. The molecule has 0 amide bonds. The molecule has 2 aromatic rings. The third-order valence-electron chi connectivity index (χ3n) is 2.69. The van der Waals surface area contributed by atoms with Gasteiger partial charge >= 0.3 is 124 Å². The average molecular weight is 445 g/mol. The molecule has 0 aliphatic rings. The Hall–Kier alpha value is -0.735. The van der Waals surface area contributed by atoms with Crippen molar-refractivity contribution >= 4 is 22.7 Å². The summed E-state index contributed by atoms with van der Waals surface area (Å²) in [5.41, 5.74) is 4.26. The number of azo groups is 1. The van der Waals surface area contributed by atoms with Gasteiger partial charge in [0.25, 0.3) is 0 Å². The summed E-state index contributed by atoms with van der Waals surface area (Å²) in [6.07, 6.45) is 0. The Labute approximate surface area is 123 Å². The molecule has 0 atom stereocenters. The molecule has 0 saturated heterocycles. The molecule has 0 aliphatic carbocycles. The Kier molecular flexibility index (Phi) is 4.90. The Morgan fingerprint density at radius 2 is 1.56 bits per heavy atom. The van der Waals surface area contributed by atoms with Gasteiger partial charge in [0.2, 0.25) is 0 Å². The van der Waals surface area contributed by atoms with Gasteiger partial charge in [0.15, 0.2) is 0 Å². The minimum absolute atomic E-state index is 0.873. The number of benzene rings is 2. The molecule has 0 aromatic heterocycles. The van der Waals surface area contributed by atoms with Crippen LogP contribution >= 0.6 is 8.25 Å². The van der Waals surface area contributed by atoms with E-state index in [4.69, 9.17) is 8.25 Å². The second-order valence-electron chi connectivity index (χ2n) is 4.30. The second kappa shape index (κ2) is 6.44. The van der Waals surface area contributed by atoms with Gasteiger partial charge in [-0.25, -0.2) is 0 Å². The van der Waals surface area contributed by atoms with E-state index < -0.39 is 23.3 Å². The summed E-state index contributed by atoms with van der Waals surface area (Å²) in [5.74, 6) is 0. The number of aryl methyl sites for hydroxylation is 2. The second-order valence-corrected chi connectivity index (χ2v) is 10.6. The maximum absolute atomic E-state index is 6.13. The van der Waals surface area contributed by atoms with Gasteiger partial charge in [0, 0.05) is 0 Å². The third kappa shape index (κ3) is 3.63. The fourth-order valence-electron chi connectivity index (χ4n) is 1.64. The van der Waals surface area contributed by atoms with Gasteiger partial charge in [0.05, 0.1) is 0 Å². The van der Waals surface area contributed by atoms with Gasteiger partial charge in [-0.15, -0.1) is 0 Å². The first-order chi connectivity index (χ1) is 8.69. The van der Waals surface area contributed by atoms with E-state index in [0.717, 1.165) is 11.4 Å². The van der Waals surface area contributed by atoms with E-state index in [0.29, 0.717) is 0 Å². The summed E-state index contributed by atoms with van der Waals surface area (Å²) in [7, 11) is 6.13. The first kappa shape index (κ1) is 13.7. The van der Waals surface area contributed by atoms with E-state index in [-0.39, 0.29) is 0 Å². The van der Waals surface area contributed by atoms with E-state index in [1.165, 1.54) is 14.2 Å². The molecule has 0 saturated carbocycles. The number of rotatable bonds is 3.